The summed E-state index contributed by atoms with van der Waals surface area (Å²) in [5.41, 5.74) is 10.5. The minimum atomic E-state index is 0.367. The predicted octanol–water partition coefficient (Wildman–Crippen LogP) is 4.49. The molecule has 0 amide bonds. The molecule has 2 N–H and O–H groups in total. The van der Waals surface area contributed by atoms with Crippen molar-refractivity contribution in [2.45, 2.75) is 19.8 Å². The molecule has 2 aromatic heterocycles. The molecule has 164 valence electrons. The van der Waals surface area contributed by atoms with Crippen molar-refractivity contribution in [2.24, 2.45) is 0 Å². The summed E-state index contributed by atoms with van der Waals surface area (Å²) >= 11 is 3.74. The summed E-state index contributed by atoms with van der Waals surface area (Å²) in [4.78, 5) is 12.7. The van der Waals surface area contributed by atoms with Gasteiger partial charge in [-0.2, -0.15) is 0 Å². The molecule has 8 heteroatoms. The van der Waals surface area contributed by atoms with Gasteiger partial charge in [0.2, 0.25) is 0 Å². The van der Waals surface area contributed by atoms with E-state index < -0.39 is 0 Å². The van der Waals surface area contributed by atoms with Crippen LogP contribution in [-0.2, 0) is 29.2 Å². The summed E-state index contributed by atoms with van der Waals surface area (Å²) in [6.07, 6.45) is 3.16. The molecule has 0 radical (unpaired) electrons. The molecule has 7 nitrogen and oxygen atoms in total. The van der Waals surface area contributed by atoms with E-state index in [-0.39, 0.29) is 0 Å². The zero-order valence-electron chi connectivity index (χ0n) is 17.5. The van der Waals surface area contributed by atoms with Crippen LogP contribution in [0.5, 0.6) is 0 Å². The van der Waals surface area contributed by atoms with Crippen LogP contribution in [0.25, 0.3) is 11.2 Å². The SMILES string of the molecule is Nc1ncnc2c1ncn2CC(Br)=C(COCc1ccccc1)COCc1ccccc1. The standard InChI is InChI=1S/C24H24BrN5O2/c25-21(11-30-17-29-22-23(26)27-16-28-24(22)30)20(14-31-12-18-7-3-1-4-8-18)15-32-13-19-9-5-2-6-10-19/h1-10,16-17H,11-15H2,(H2,26,27,28). The Bertz CT molecular complexity index is 1130. The number of aromatic nitrogens is 4. The lowest BCUT2D eigenvalue weighted by Gasteiger charge is -2.14. The molecule has 2 heterocycles. The minimum Gasteiger partial charge on any atom is -0.382 e. The van der Waals surface area contributed by atoms with Crippen molar-refractivity contribution in [1.29, 1.82) is 0 Å². The molecule has 0 fully saturated rings. The molecular formula is C24H24BrN5O2. The van der Waals surface area contributed by atoms with Crippen molar-refractivity contribution in [1.82, 2.24) is 19.5 Å². The molecule has 4 aromatic rings. The Kier molecular flexibility index (Phi) is 7.60. The fourth-order valence-corrected chi connectivity index (χ4v) is 3.71. The molecule has 0 saturated carbocycles. The highest BCUT2D eigenvalue weighted by molar-refractivity contribution is 9.11. The van der Waals surface area contributed by atoms with E-state index in [4.69, 9.17) is 15.2 Å². The van der Waals surface area contributed by atoms with E-state index in [9.17, 15) is 0 Å². The quantitative estimate of drug-likeness (QED) is 0.350. The van der Waals surface area contributed by atoms with Crippen LogP contribution in [-0.4, -0.2) is 32.7 Å². The number of halogens is 1. The molecule has 0 aliphatic carbocycles. The average Bonchev–Trinajstić information content (AvgIpc) is 3.23. The third-order valence-corrected chi connectivity index (χ3v) is 5.71. The van der Waals surface area contributed by atoms with Gasteiger partial charge >= 0.3 is 0 Å². The summed E-state index contributed by atoms with van der Waals surface area (Å²) in [6.45, 7) is 2.47. The van der Waals surface area contributed by atoms with Crippen molar-refractivity contribution in [2.75, 3.05) is 18.9 Å². The van der Waals surface area contributed by atoms with Gasteiger partial charge in [0.05, 0.1) is 39.3 Å². The normalized spacial score (nSPS) is 11.0. The Labute approximate surface area is 195 Å². The van der Waals surface area contributed by atoms with Crippen molar-refractivity contribution in [3.63, 3.8) is 0 Å². The first-order valence-electron chi connectivity index (χ1n) is 10.2. The highest BCUT2D eigenvalue weighted by Gasteiger charge is 2.12. The van der Waals surface area contributed by atoms with E-state index in [1.165, 1.54) is 6.33 Å². The number of nitrogen functional groups attached to an aromatic ring is 1. The van der Waals surface area contributed by atoms with Crippen molar-refractivity contribution >= 4 is 32.9 Å². The van der Waals surface area contributed by atoms with Crippen LogP contribution in [0, 0.1) is 0 Å². The van der Waals surface area contributed by atoms with E-state index in [2.05, 4.69) is 30.9 Å². The summed E-state index contributed by atoms with van der Waals surface area (Å²) in [7, 11) is 0. The maximum absolute atomic E-state index is 5.99. The lowest BCUT2D eigenvalue weighted by molar-refractivity contribution is 0.104. The van der Waals surface area contributed by atoms with Crippen LogP contribution < -0.4 is 5.73 Å². The van der Waals surface area contributed by atoms with Gasteiger partial charge in [-0.3, -0.25) is 0 Å². The van der Waals surface area contributed by atoms with Crippen LogP contribution in [0.4, 0.5) is 5.82 Å². The lowest BCUT2D eigenvalue weighted by atomic mass is 10.2. The zero-order chi connectivity index (χ0) is 22.2. The molecule has 0 bridgehead atoms. The summed E-state index contributed by atoms with van der Waals surface area (Å²) in [5, 5.41) is 0. The molecule has 4 rings (SSSR count). The average molecular weight is 494 g/mol. The smallest absolute Gasteiger partial charge is 0.165 e. The number of benzene rings is 2. The van der Waals surface area contributed by atoms with Gasteiger partial charge in [-0.25, -0.2) is 15.0 Å². The molecule has 0 atom stereocenters. The molecule has 0 aliphatic rings. The van der Waals surface area contributed by atoms with Crippen LogP contribution in [0.1, 0.15) is 11.1 Å². The highest BCUT2D eigenvalue weighted by Crippen LogP contribution is 2.21. The van der Waals surface area contributed by atoms with Gasteiger partial charge in [-0.05, 0) is 16.7 Å². The Morgan fingerprint density at radius 2 is 1.44 bits per heavy atom. The fraction of sp³-hybridized carbons (Fsp3) is 0.208. The van der Waals surface area contributed by atoms with Gasteiger partial charge in [-0.1, -0.05) is 76.6 Å². The number of rotatable bonds is 10. The number of allylic oxidation sites excluding steroid dienone is 1. The Balaban J connectivity index is 1.47. The largest absolute Gasteiger partial charge is 0.382 e. The number of anilines is 1. The lowest BCUT2D eigenvalue weighted by Crippen LogP contribution is -2.10. The Morgan fingerprint density at radius 1 is 0.844 bits per heavy atom. The van der Waals surface area contributed by atoms with Crippen molar-refractivity contribution in [3.05, 3.63) is 94.5 Å². The first kappa shape index (κ1) is 22.1. The number of hydrogen-bond acceptors (Lipinski definition) is 6. The highest BCUT2D eigenvalue weighted by atomic mass is 79.9. The van der Waals surface area contributed by atoms with Gasteiger partial charge < -0.3 is 19.8 Å². The molecule has 32 heavy (non-hydrogen) atoms. The Hall–Kier alpha value is -3.07. The summed E-state index contributed by atoms with van der Waals surface area (Å²) in [6, 6.07) is 20.2. The maximum atomic E-state index is 5.99. The molecule has 0 unspecified atom stereocenters. The van der Waals surface area contributed by atoms with Gasteiger partial charge in [0.25, 0.3) is 0 Å². The van der Waals surface area contributed by atoms with Gasteiger partial charge in [0.1, 0.15) is 11.8 Å². The van der Waals surface area contributed by atoms with E-state index in [1.54, 1.807) is 6.33 Å². The number of hydrogen-bond donors (Lipinski definition) is 1. The second-order valence-electron chi connectivity index (χ2n) is 7.27. The summed E-state index contributed by atoms with van der Waals surface area (Å²) in [5.74, 6) is 0.367. The van der Waals surface area contributed by atoms with Crippen LogP contribution in [0.2, 0.25) is 0 Å². The predicted molar refractivity (Wildman–Crippen MR) is 128 cm³/mol. The van der Waals surface area contributed by atoms with Gasteiger partial charge in [-0.15, -0.1) is 0 Å². The first-order valence-corrected chi connectivity index (χ1v) is 11.0. The van der Waals surface area contributed by atoms with Crippen LogP contribution in [0.3, 0.4) is 0 Å². The number of nitrogens with two attached hydrogens (primary N) is 1. The van der Waals surface area contributed by atoms with Gasteiger partial charge in [0, 0.05) is 4.48 Å². The third kappa shape index (κ3) is 5.79. The minimum absolute atomic E-state index is 0.367. The van der Waals surface area contributed by atoms with E-state index in [1.807, 2.05) is 65.2 Å². The van der Waals surface area contributed by atoms with Crippen molar-refractivity contribution in [3.8, 4) is 0 Å². The molecular weight excluding hydrogens is 470 g/mol. The molecule has 2 aromatic carbocycles. The second-order valence-corrected chi connectivity index (χ2v) is 8.23. The second kappa shape index (κ2) is 11.0. The Morgan fingerprint density at radius 3 is 2.03 bits per heavy atom. The van der Waals surface area contributed by atoms with Crippen molar-refractivity contribution < 1.29 is 9.47 Å². The first-order chi connectivity index (χ1) is 15.7. The maximum Gasteiger partial charge on any atom is 0.165 e. The number of ether oxygens (including phenoxy) is 2. The zero-order valence-corrected chi connectivity index (χ0v) is 19.1. The monoisotopic (exact) mass is 493 g/mol. The molecule has 0 saturated heterocycles. The van der Waals surface area contributed by atoms with Crippen LogP contribution in [0.15, 0.2) is 83.4 Å². The van der Waals surface area contributed by atoms with E-state index in [0.717, 1.165) is 21.2 Å². The van der Waals surface area contributed by atoms with Crippen LogP contribution >= 0.6 is 15.9 Å². The topological polar surface area (TPSA) is 88.1 Å². The van der Waals surface area contributed by atoms with E-state index in [0.29, 0.717) is 50.0 Å². The van der Waals surface area contributed by atoms with Gasteiger partial charge in [0.15, 0.2) is 11.5 Å². The number of fused-ring (bicyclic) bond motifs is 1. The number of nitrogens with zero attached hydrogens (tertiary/aromatic N) is 4. The third-order valence-electron chi connectivity index (χ3n) is 4.90. The molecule has 0 spiro atoms. The molecule has 0 aliphatic heterocycles. The summed E-state index contributed by atoms with van der Waals surface area (Å²) < 4.78 is 14.9. The fourth-order valence-electron chi connectivity index (χ4n) is 3.21. The number of imidazole rings is 1. The van der Waals surface area contributed by atoms with E-state index >= 15 is 0 Å².